The minimum Gasteiger partial charge on any atom is -0.271 e. The van der Waals surface area contributed by atoms with E-state index in [0.717, 1.165) is 23.4 Å². The van der Waals surface area contributed by atoms with Gasteiger partial charge in [0.2, 0.25) is 0 Å². The summed E-state index contributed by atoms with van der Waals surface area (Å²) in [5.74, 6) is 5.82. The molecule has 0 radical (unpaired) electrons. The first-order valence-electron chi connectivity index (χ1n) is 6.93. The minimum absolute atomic E-state index is 0.0316. The number of aryl methyl sites for hydroxylation is 4. The Bertz CT molecular complexity index is 592. The summed E-state index contributed by atoms with van der Waals surface area (Å²) in [5.41, 5.74) is 9.02. The number of rotatable bonds is 5. The van der Waals surface area contributed by atoms with Crippen LogP contribution in [0.2, 0.25) is 0 Å². The van der Waals surface area contributed by atoms with Crippen LogP contribution >= 0.6 is 11.5 Å². The van der Waals surface area contributed by atoms with E-state index in [4.69, 9.17) is 5.84 Å². The number of aromatic nitrogens is 2. The zero-order chi connectivity index (χ0) is 14.7. The van der Waals surface area contributed by atoms with Gasteiger partial charge in [0.25, 0.3) is 0 Å². The van der Waals surface area contributed by atoms with Crippen molar-refractivity contribution in [2.75, 3.05) is 0 Å². The predicted molar refractivity (Wildman–Crippen MR) is 83.7 cm³/mol. The second-order valence-electron chi connectivity index (χ2n) is 5.23. The highest BCUT2D eigenvalue weighted by atomic mass is 32.1. The van der Waals surface area contributed by atoms with Crippen LogP contribution in [0.4, 0.5) is 0 Å². The van der Waals surface area contributed by atoms with Crippen molar-refractivity contribution >= 4 is 11.5 Å². The van der Waals surface area contributed by atoms with Gasteiger partial charge in [0, 0.05) is 0 Å². The van der Waals surface area contributed by atoms with Gasteiger partial charge in [-0.3, -0.25) is 5.84 Å². The Morgan fingerprint density at radius 2 is 1.90 bits per heavy atom. The van der Waals surface area contributed by atoms with Crippen LogP contribution in [0.3, 0.4) is 0 Å². The molecule has 0 bridgehead atoms. The Morgan fingerprint density at radius 1 is 1.20 bits per heavy atom. The van der Waals surface area contributed by atoms with Crippen LogP contribution in [-0.4, -0.2) is 9.59 Å². The zero-order valence-corrected chi connectivity index (χ0v) is 13.3. The van der Waals surface area contributed by atoms with Crippen molar-refractivity contribution in [2.24, 2.45) is 5.84 Å². The number of benzene rings is 1. The Morgan fingerprint density at radius 3 is 2.55 bits per heavy atom. The largest absolute Gasteiger partial charge is 0.271 e. The smallest absolute Gasteiger partial charge is 0.0840 e. The number of hydrogen-bond donors (Lipinski definition) is 2. The van der Waals surface area contributed by atoms with Crippen LogP contribution in [-0.2, 0) is 6.42 Å². The van der Waals surface area contributed by atoms with E-state index in [2.05, 4.69) is 54.8 Å². The van der Waals surface area contributed by atoms with Gasteiger partial charge in [-0.2, -0.15) is 0 Å². The molecule has 3 N–H and O–H groups in total. The summed E-state index contributed by atoms with van der Waals surface area (Å²) in [6, 6.07) is 4.39. The van der Waals surface area contributed by atoms with Crippen molar-refractivity contribution in [3.8, 4) is 0 Å². The van der Waals surface area contributed by atoms with Gasteiger partial charge < -0.3 is 0 Å². The zero-order valence-electron chi connectivity index (χ0n) is 12.5. The normalized spacial score (nSPS) is 12.7. The molecule has 1 aromatic carbocycles. The number of nitrogens with two attached hydrogens (primary N) is 1. The molecular weight excluding hydrogens is 268 g/mol. The molecule has 2 rings (SSSR count). The van der Waals surface area contributed by atoms with Gasteiger partial charge >= 0.3 is 0 Å². The van der Waals surface area contributed by atoms with Crippen molar-refractivity contribution in [1.29, 1.82) is 0 Å². The van der Waals surface area contributed by atoms with Crippen molar-refractivity contribution < 1.29 is 0 Å². The fourth-order valence-corrected chi connectivity index (χ4v) is 3.22. The van der Waals surface area contributed by atoms with Gasteiger partial charge in [-0.05, 0) is 61.0 Å². The van der Waals surface area contributed by atoms with Gasteiger partial charge in [0.15, 0.2) is 0 Å². The molecular formula is C15H22N4S. The molecule has 0 fully saturated rings. The molecule has 0 aliphatic rings. The van der Waals surface area contributed by atoms with Crippen molar-refractivity contribution in [1.82, 2.24) is 15.0 Å². The van der Waals surface area contributed by atoms with Gasteiger partial charge in [0.05, 0.1) is 16.6 Å². The third kappa shape index (κ3) is 2.90. The topological polar surface area (TPSA) is 63.8 Å². The quantitative estimate of drug-likeness (QED) is 0.656. The highest BCUT2D eigenvalue weighted by molar-refractivity contribution is 7.05. The fourth-order valence-electron chi connectivity index (χ4n) is 2.45. The summed E-state index contributed by atoms with van der Waals surface area (Å²) < 4.78 is 4.10. The summed E-state index contributed by atoms with van der Waals surface area (Å²) in [5, 5.41) is 4.24. The maximum absolute atomic E-state index is 5.82. The number of hydrogen-bond acceptors (Lipinski definition) is 5. The van der Waals surface area contributed by atoms with E-state index in [-0.39, 0.29) is 6.04 Å². The first kappa shape index (κ1) is 15.1. The second kappa shape index (κ2) is 6.43. The lowest BCUT2D eigenvalue weighted by molar-refractivity contribution is 0.633. The minimum atomic E-state index is -0.0316. The number of hydrazine groups is 1. The van der Waals surface area contributed by atoms with Crippen LogP contribution in [0.15, 0.2) is 12.1 Å². The highest BCUT2D eigenvalue weighted by Gasteiger charge is 2.21. The lowest BCUT2D eigenvalue weighted by Gasteiger charge is -2.19. The van der Waals surface area contributed by atoms with Crippen molar-refractivity contribution in [2.45, 2.75) is 46.6 Å². The molecule has 20 heavy (non-hydrogen) atoms. The maximum atomic E-state index is 5.82. The van der Waals surface area contributed by atoms with E-state index >= 15 is 0 Å². The summed E-state index contributed by atoms with van der Waals surface area (Å²) in [6.45, 7) is 8.53. The highest BCUT2D eigenvalue weighted by Crippen LogP contribution is 2.30. The Kier molecular flexibility index (Phi) is 4.86. The Balaban J connectivity index is 2.47. The van der Waals surface area contributed by atoms with E-state index < -0.39 is 0 Å². The molecule has 1 aromatic heterocycles. The predicted octanol–water partition coefficient (Wildman–Crippen LogP) is 2.97. The second-order valence-corrected chi connectivity index (χ2v) is 6.01. The van der Waals surface area contributed by atoms with Gasteiger partial charge in [0.1, 0.15) is 0 Å². The molecule has 0 amide bonds. The molecule has 108 valence electrons. The molecule has 1 heterocycles. The average Bonchev–Trinajstić information content (AvgIpc) is 2.85. The number of nitrogens with zero attached hydrogens (tertiary/aromatic N) is 2. The van der Waals surface area contributed by atoms with E-state index in [0.29, 0.717) is 0 Å². The van der Waals surface area contributed by atoms with Crippen LogP contribution in [0, 0.1) is 20.8 Å². The third-order valence-electron chi connectivity index (χ3n) is 3.69. The van der Waals surface area contributed by atoms with E-state index in [1.165, 1.54) is 33.8 Å². The molecule has 4 nitrogen and oxygen atoms in total. The molecule has 0 saturated heterocycles. The maximum Gasteiger partial charge on any atom is 0.0840 e. The van der Waals surface area contributed by atoms with Gasteiger partial charge in [-0.1, -0.05) is 30.0 Å². The SMILES string of the molecule is CCCc1nnsc1C(NN)c1cc(C)c(C)cc1C. The van der Waals surface area contributed by atoms with E-state index in [1.54, 1.807) is 0 Å². The monoisotopic (exact) mass is 290 g/mol. The van der Waals surface area contributed by atoms with Crippen molar-refractivity contribution in [3.05, 3.63) is 45.0 Å². The van der Waals surface area contributed by atoms with E-state index in [1.807, 2.05) is 0 Å². The number of nitrogens with one attached hydrogen (secondary N) is 1. The van der Waals surface area contributed by atoms with Crippen LogP contribution in [0.1, 0.15) is 52.2 Å². The first-order chi connectivity index (χ1) is 9.58. The summed E-state index contributed by atoms with van der Waals surface area (Å²) >= 11 is 1.43. The Labute approximate surface area is 124 Å². The molecule has 0 aliphatic carbocycles. The lowest BCUT2D eigenvalue weighted by atomic mass is 9.94. The molecule has 1 atom stereocenters. The molecule has 0 saturated carbocycles. The molecule has 5 heteroatoms. The summed E-state index contributed by atoms with van der Waals surface area (Å²) in [4.78, 5) is 1.13. The summed E-state index contributed by atoms with van der Waals surface area (Å²) in [6.07, 6.45) is 2.00. The molecule has 1 unspecified atom stereocenters. The van der Waals surface area contributed by atoms with Gasteiger partial charge in [-0.25, -0.2) is 5.43 Å². The molecule has 0 aliphatic heterocycles. The van der Waals surface area contributed by atoms with Crippen LogP contribution < -0.4 is 11.3 Å². The first-order valence-corrected chi connectivity index (χ1v) is 7.70. The molecule has 0 spiro atoms. The fraction of sp³-hybridized carbons (Fsp3) is 0.467. The van der Waals surface area contributed by atoms with Gasteiger partial charge in [-0.15, -0.1) is 5.10 Å². The van der Waals surface area contributed by atoms with Crippen molar-refractivity contribution in [3.63, 3.8) is 0 Å². The van der Waals surface area contributed by atoms with E-state index in [9.17, 15) is 0 Å². The third-order valence-corrected chi connectivity index (χ3v) is 4.53. The lowest BCUT2D eigenvalue weighted by Crippen LogP contribution is -2.29. The molecule has 2 aromatic rings. The van der Waals surface area contributed by atoms with Crippen LogP contribution in [0.25, 0.3) is 0 Å². The Hall–Kier alpha value is -1.30. The standard InChI is InChI=1S/C15H22N4S/c1-5-6-13-15(20-19-18-13)14(17-16)12-8-10(3)9(2)7-11(12)4/h7-8,14,17H,5-6,16H2,1-4H3. The van der Waals surface area contributed by atoms with Crippen LogP contribution in [0.5, 0.6) is 0 Å². The summed E-state index contributed by atoms with van der Waals surface area (Å²) in [7, 11) is 0. The average molecular weight is 290 g/mol.